The molecule has 23 heavy (non-hydrogen) atoms. The smallest absolute Gasteiger partial charge is 0.266 e. The lowest BCUT2D eigenvalue weighted by molar-refractivity contribution is -0.908. The Morgan fingerprint density at radius 1 is 1.43 bits per heavy atom. The molecule has 1 aromatic rings. The van der Waals surface area contributed by atoms with Crippen molar-refractivity contribution in [2.24, 2.45) is 7.05 Å². The minimum absolute atomic E-state index is 0.0400. The molecule has 7 heteroatoms. The molecule has 2 aliphatic rings. The Kier molecular flexibility index (Phi) is 5.53. The Morgan fingerprint density at radius 2 is 2.22 bits per heavy atom. The van der Waals surface area contributed by atoms with Crippen LogP contribution in [0, 0.1) is 0 Å². The highest BCUT2D eigenvalue weighted by atomic mass is 32.2. The van der Waals surface area contributed by atoms with Crippen LogP contribution in [0.5, 0.6) is 0 Å². The molecule has 1 amide bonds. The lowest BCUT2D eigenvalue weighted by atomic mass is 10.3. The maximum Gasteiger partial charge on any atom is 0.266 e. The number of quaternary nitrogens is 1. The van der Waals surface area contributed by atoms with Crippen LogP contribution in [-0.2, 0) is 16.6 Å². The predicted octanol–water partition coefficient (Wildman–Crippen LogP) is 0.531. The van der Waals surface area contributed by atoms with Gasteiger partial charge < -0.3 is 14.2 Å². The molecule has 5 nitrogen and oxygen atoms in total. The van der Waals surface area contributed by atoms with Crippen molar-refractivity contribution in [1.29, 1.82) is 0 Å². The molecule has 1 aromatic heterocycles. The van der Waals surface area contributed by atoms with Gasteiger partial charge in [0.05, 0.1) is 24.7 Å². The van der Waals surface area contributed by atoms with Gasteiger partial charge in [0.1, 0.15) is 17.4 Å². The van der Waals surface area contributed by atoms with Gasteiger partial charge in [0.15, 0.2) is 0 Å². The maximum absolute atomic E-state index is 12.5. The number of thiocarbonyl (C=S) groups is 1. The van der Waals surface area contributed by atoms with Crippen LogP contribution in [0.2, 0.25) is 0 Å². The van der Waals surface area contributed by atoms with E-state index in [1.54, 1.807) is 9.80 Å². The van der Waals surface area contributed by atoms with E-state index in [0.717, 1.165) is 49.9 Å². The number of hydrogen-bond donors (Lipinski definition) is 1. The van der Waals surface area contributed by atoms with E-state index in [1.165, 1.54) is 11.8 Å². The van der Waals surface area contributed by atoms with Crippen LogP contribution in [0.4, 0.5) is 0 Å². The van der Waals surface area contributed by atoms with Gasteiger partial charge in [0.2, 0.25) is 0 Å². The summed E-state index contributed by atoms with van der Waals surface area (Å²) in [6, 6.07) is 3.96. The van der Waals surface area contributed by atoms with Crippen LogP contribution in [0.3, 0.4) is 0 Å². The highest BCUT2D eigenvalue weighted by Crippen LogP contribution is 2.32. The van der Waals surface area contributed by atoms with E-state index in [9.17, 15) is 4.79 Å². The number of aromatic nitrogens is 1. The monoisotopic (exact) mass is 352 g/mol. The molecular weight excluding hydrogens is 330 g/mol. The zero-order chi connectivity index (χ0) is 16.2. The summed E-state index contributed by atoms with van der Waals surface area (Å²) >= 11 is 6.79. The standard InChI is InChI=1S/C16H21N3O2S2/c1-17-5-2-4-13(17)12-14-15(20)19(16(22)23-14)7-3-6-18-8-10-21-11-9-18/h2,4-5,12H,3,6-11H2,1H3/p+1/b14-12-. The second kappa shape index (κ2) is 7.61. The van der Waals surface area contributed by atoms with Gasteiger partial charge in [-0.25, -0.2) is 0 Å². The van der Waals surface area contributed by atoms with Crippen LogP contribution >= 0.6 is 24.0 Å². The average Bonchev–Trinajstić information content (AvgIpc) is 3.07. The first-order chi connectivity index (χ1) is 11.1. The number of rotatable bonds is 5. The molecule has 0 bridgehead atoms. The van der Waals surface area contributed by atoms with E-state index in [1.807, 2.05) is 36.0 Å². The van der Waals surface area contributed by atoms with Crippen molar-refractivity contribution in [3.63, 3.8) is 0 Å². The number of carbonyl (C=O) groups is 1. The molecule has 124 valence electrons. The fraction of sp³-hybridized carbons (Fsp3) is 0.500. The molecule has 2 fully saturated rings. The number of thioether (sulfide) groups is 1. The Balaban J connectivity index is 1.56. The van der Waals surface area contributed by atoms with E-state index in [4.69, 9.17) is 17.0 Å². The first-order valence-electron chi connectivity index (χ1n) is 7.93. The number of morpholine rings is 1. The van der Waals surface area contributed by atoms with Crippen LogP contribution in [0.25, 0.3) is 6.08 Å². The van der Waals surface area contributed by atoms with Crippen molar-refractivity contribution in [2.75, 3.05) is 39.4 Å². The van der Waals surface area contributed by atoms with Crippen molar-refractivity contribution < 1.29 is 14.4 Å². The quantitative estimate of drug-likeness (QED) is 0.620. The molecule has 0 radical (unpaired) electrons. The SMILES string of the molecule is Cn1cccc1/C=C1\SC(=S)N(CCC[NH+]2CCOCC2)C1=O. The van der Waals surface area contributed by atoms with Crippen molar-refractivity contribution in [3.8, 4) is 0 Å². The van der Waals surface area contributed by atoms with E-state index in [2.05, 4.69) is 0 Å². The Hall–Kier alpha value is -1.15. The fourth-order valence-electron chi connectivity index (χ4n) is 2.85. The highest BCUT2D eigenvalue weighted by molar-refractivity contribution is 8.26. The van der Waals surface area contributed by atoms with Gasteiger partial charge in [-0.15, -0.1) is 0 Å². The van der Waals surface area contributed by atoms with E-state index in [-0.39, 0.29) is 5.91 Å². The van der Waals surface area contributed by atoms with Gasteiger partial charge in [-0.2, -0.15) is 0 Å². The van der Waals surface area contributed by atoms with Gasteiger partial charge in [-0.05, 0) is 18.2 Å². The van der Waals surface area contributed by atoms with Crippen molar-refractivity contribution in [1.82, 2.24) is 9.47 Å². The number of carbonyl (C=O) groups excluding carboxylic acids is 1. The minimum atomic E-state index is 0.0400. The summed E-state index contributed by atoms with van der Waals surface area (Å²) in [7, 11) is 1.97. The number of ether oxygens (including phenoxy) is 1. The van der Waals surface area contributed by atoms with Crippen molar-refractivity contribution in [2.45, 2.75) is 6.42 Å². The van der Waals surface area contributed by atoms with Gasteiger partial charge >= 0.3 is 0 Å². The molecule has 3 heterocycles. The second-order valence-corrected chi connectivity index (χ2v) is 7.52. The first kappa shape index (κ1) is 16.7. The molecular formula is C16H22N3O2S2+. The summed E-state index contributed by atoms with van der Waals surface area (Å²) in [6.45, 7) is 5.58. The molecule has 2 saturated heterocycles. The molecule has 3 rings (SSSR count). The molecule has 1 N–H and O–H groups in total. The van der Waals surface area contributed by atoms with E-state index >= 15 is 0 Å². The summed E-state index contributed by atoms with van der Waals surface area (Å²) in [5.41, 5.74) is 1.02. The molecule has 0 spiro atoms. The molecule has 0 unspecified atom stereocenters. The fourth-order valence-corrected chi connectivity index (χ4v) is 4.14. The van der Waals surface area contributed by atoms with Gasteiger partial charge in [-0.3, -0.25) is 9.69 Å². The molecule has 0 atom stereocenters. The van der Waals surface area contributed by atoms with E-state index < -0.39 is 0 Å². The zero-order valence-corrected chi connectivity index (χ0v) is 14.9. The lowest BCUT2D eigenvalue weighted by Crippen LogP contribution is -3.14. The van der Waals surface area contributed by atoms with Gasteiger partial charge in [0, 0.05) is 31.9 Å². The number of hydrogen-bond acceptors (Lipinski definition) is 4. The van der Waals surface area contributed by atoms with E-state index in [0.29, 0.717) is 10.9 Å². The summed E-state index contributed by atoms with van der Waals surface area (Å²) < 4.78 is 8.04. The third kappa shape index (κ3) is 4.03. The topological polar surface area (TPSA) is 38.9 Å². The van der Waals surface area contributed by atoms with Crippen molar-refractivity contribution in [3.05, 3.63) is 28.9 Å². The number of nitrogens with one attached hydrogen (secondary N) is 1. The second-order valence-electron chi connectivity index (χ2n) is 5.84. The number of nitrogens with zero attached hydrogens (tertiary/aromatic N) is 2. The van der Waals surface area contributed by atoms with Crippen LogP contribution in [-0.4, -0.2) is 59.1 Å². The van der Waals surface area contributed by atoms with Gasteiger partial charge in [0.25, 0.3) is 5.91 Å². The minimum Gasteiger partial charge on any atom is -0.370 e. The molecule has 0 saturated carbocycles. The Morgan fingerprint density at radius 3 is 2.91 bits per heavy atom. The highest BCUT2D eigenvalue weighted by Gasteiger charge is 2.32. The predicted molar refractivity (Wildman–Crippen MR) is 96.3 cm³/mol. The molecule has 2 aliphatic heterocycles. The normalized spacial score (nSPS) is 21.6. The maximum atomic E-state index is 12.5. The molecule has 0 aliphatic carbocycles. The summed E-state index contributed by atoms with van der Waals surface area (Å²) in [5.74, 6) is 0.0400. The zero-order valence-electron chi connectivity index (χ0n) is 13.3. The first-order valence-corrected chi connectivity index (χ1v) is 9.15. The van der Waals surface area contributed by atoms with Crippen LogP contribution in [0.15, 0.2) is 23.2 Å². The number of amides is 1. The Bertz CT molecular complexity index is 621. The third-order valence-electron chi connectivity index (χ3n) is 4.25. The summed E-state index contributed by atoms with van der Waals surface area (Å²) in [5, 5.41) is 0. The van der Waals surface area contributed by atoms with Crippen molar-refractivity contribution >= 4 is 40.3 Å². The molecule has 0 aromatic carbocycles. The van der Waals surface area contributed by atoms with Crippen LogP contribution in [0.1, 0.15) is 12.1 Å². The van der Waals surface area contributed by atoms with Gasteiger partial charge in [-0.1, -0.05) is 24.0 Å². The lowest BCUT2D eigenvalue weighted by Gasteiger charge is -2.24. The largest absolute Gasteiger partial charge is 0.370 e. The van der Waals surface area contributed by atoms with Crippen LogP contribution < -0.4 is 4.90 Å². The third-order valence-corrected chi connectivity index (χ3v) is 5.63. The Labute approximate surface area is 146 Å². The summed E-state index contributed by atoms with van der Waals surface area (Å²) in [6.07, 6.45) is 4.86. The summed E-state index contributed by atoms with van der Waals surface area (Å²) in [4.78, 5) is 16.6. The average molecular weight is 353 g/mol. The number of aryl methyl sites for hydroxylation is 1.